The van der Waals surface area contributed by atoms with Gasteiger partial charge in [-0.1, -0.05) is 0 Å². The van der Waals surface area contributed by atoms with Gasteiger partial charge in [-0.25, -0.2) is 4.79 Å². The monoisotopic (exact) mass is 447 g/mol. The number of hydrogen-bond acceptors (Lipinski definition) is 6. The molecule has 7 nitrogen and oxygen atoms in total. The van der Waals surface area contributed by atoms with Gasteiger partial charge in [-0.05, 0) is 13.8 Å². The van der Waals surface area contributed by atoms with Crippen molar-refractivity contribution in [1.29, 1.82) is 0 Å². The number of aliphatic hydroxyl groups excluding tert-OH is 1. The first-order valence-electron chi connectivity index (χ1n) is 5.61. The summed E-state index contributed by atoms with van der Waals surface area (Å²) in [6.07, 6.45) is 0. The van der Waals surface area contributed by atoms with Crippen molar-refractivity contribution in [3.8, 4) is 0 Å². The predicted octanol–water partition coefficient (Wildman–Crippen LogP) is -0.669. The molecular weight excluding hydrogens is 426 g/mol. The molecule has 0 aliphatic carbocycles. The van der Waals surface area contributed by atoms with Crippen LogP contribution in [0.2, 0.25) is 0 Å². The Hall–Kier alpha value is -0.492. The number of carbonyl (C=O) groups is 2. The molecule has 0 aromatic rings. The van der Waals surface area contributed by atoms with E-state index in [1.165, 1.54) is 21.0 Å². The van der Waals surface area contributed by atoms with Gasteiger partial charge in [0.15, 0.2) is 0 Å². The average molecular weight is 447 g/mol. The van der Waals surface area contributed by atoms with E-state index < -0.39 is 17.5 Å². The largest absolute Gasteiger partial charge is 0.478 e. The second kappa shape index (κ2) is 10.3. The summed E-state index contributed by atoms with van der Waals surface area (Å²) in [5, 5.41) is 17.7. The van der Waals surface area contributed by atoms with Crippen LogP contribution in [0.1, 0.15) is 13.8 Å². The molecule has 0 amide bonds. The minimum Gasteiger partial charge on any atom is -0.478 e. The Balaban J connectivity index is 0. The molecule has 0 atom stereocenters. The molecule has 0 aromatic heterocycles. The summed E-state index contributed by atoms with van der Waals surface area (Å²) < 4.78 is 9.72. The fourth-order valence-corrected chi connectivity index (χ4v) is 1.17. The Bertz CT molecular complexity index is 284. The Labute approximate surface area is 127 Å². The number of aliphatic carboxylic acids is 1. The number of carboxylic acid groups (broad SMARTS) is 1. The van der Waals surface area contributed by atoms with Crippen molar-refractivity contribution in [2.75, 3.05) is 40.0 Å². The first-order valence-corrected chi connectivity index (χ1v) is 5.61. The van der Waals surface area contributed by atoms with Gasteiger partial charge in [0.25, 0.3) is 0 Å². The van der Waals surface area contributed by atoms with Crippen LogP contribution in [0.25, 0.3) is 0 Å². The van der Waals surface area contributed by atoms with E-state index in [-0.39, 0.29) is 34.2 Å². The molecule has 0 rings (SSSR count). The number of rotatable bonds is 9. The summed E-state index contributed by atoms with van der Waals surface area (Å²) in [6.45, 7) is 3.60. The number of carbonyl (C=O) groups excluding carboxylic acids is 1. The molecular formula is C11H21NO6W. The van der Waals surface area contributed by atoms with Gasteiger partial charge in [0.1, 0.15) is 0 Å². The number of esters is 1. The summed E-state index contributed by atoms with van der Waals surface area (Å²) in [4.78, 5) is 24.0. The number of nitrogens with zero attached hydrogens (tertiary/aromatic N) is 1. The molecule has 0 saturated heterocycles. The Morgan fingerprint density at radius 1 is 1.26 bits per heavy atom. The molecule has 0 spiro atoms. The van der Waals surface area contributed by atoms with Crippen molar-refractivity contribution in [3.63, 3.8) is 0 Å². The summed E-state index contributed by atoms with van der Waals surface area (Å²) in [5.74, 6) is -1.85. The number of methoxy groups -OCH3 is 1. The second-order valence-electron chi connectivity index (χ2n) is 4.28. The summed E-state index contributed by atoms with van der Waals surface area (Å²) in [7, 11) is 1.53. The first-order chi connectivity index (χ1) is 8.33. The van der Waals surface area contributed by atoms with E-state index in [2.05, 4.69) is 0 Å². The maximum atomic E-state index is 11.6. The third-order valence-electron chi connectivity index (χ3n) is 2.26. The second-order valence-corrected chi connectivity index (χ2v) is 4.28. The Morgan fingerprint density at radius 2 is 1.84 bits per heavy atom. The zero-order valence-electron chi connectivity index (χ0n) is 11.4. The normalized spacial score (nSPS) is 11.0. The molecule has 0 heterocycles. The van der Waals surface area contributed by atoms with Crippen LogP contribution < -0.4 is 0 Å². The Morgan fingerprint density at radius 3 is 2.26 bits per heavy atom. The standard InChI is InChI=1S/C11H21NO6.W/c1-11(2,10(15)16)18-9(14)8-12(4-6-13)5-7-17-3;/h13H,4-8H2,1-3H3,(H,15,16);. The zero-order valence-corrected chi connectivity index (χ0v) is 14.4. The van der Waals surface area contributed by atoms with E-state index in [0.29, 0.717) is 19.7 Å². The zero-order chi connectivity index (χ0) is 14.2. The van der Waals surface area contributed by atoms with Crippen LogP contribution >= 0.6 is 0 Å². The van der Waals surface area contributed by atoms with Gasteiger partial charge in [-0.3, -0.25) is 9.69 Å². The molecule has 0 fully saturated rings. The van der Waals surface area contributed by atoms with Crippen LogP contribution in [0.5, 0.6) is 0 Å². The smallest absolute Gasteiger partial charge is 0.347 e. The maximum Gasteiger partial charge on any atom is 0.347 e. The van der Waals surface area contributed by atoms with Crippen LogP contribution in [0.4, 0.5) is 0 Å². The van der Waals surface area contributed by atoms with Crippen molar-refractivity contribution in [2.24, 2.45) is 0 Å². The van der Waals surface area contributed by atoms with Gasteiger partial charge in [-0.2, -0.15) is 0 Å². The molecule has 0 saturated carbocycles. The van der Waals surface area contributed by atoms with E-state index in [1.807, 2.05) is 0 Å². The third-order valence-corrected chi connectivity index (χ3v) is 2.26. The van der Waals surface area contributed by atoms with Gasteiger partial charge >= 0.3 is 11.9 Å². The van der Waals surface area contributed by atoms with Gasteiger partial charge < -0.3 is 19.7 Å². The number of carboxylic acids is 1. The molecule has 0 aliphatic heterocycles. The molecule has 19 heavy (non-hydrogen) atoms. The van der Waals surface area contributed by atoms with E-state index in [0.717, 1.165) is 0 Å². The van der Waals surface area contributed by atoms with E-state index >= 15 is 0 Å². The van der Waals surface area contributed by atoms with Crippen LogP contribution in [-0.2, 0) is 40.1 Å². The maximum absolute atomic E-state index is 11.6. The van der Waals surface area contributed by atoms with Crippen molar-refractivity contribution < 1.29 is 50.3 Å². The fraction of sp³-hybridized carbons (Fsp3) is 0.818. The topological polar surface area (TPSA) is 96.3 Å². The van der Waals surface area contributed by atoms with Gasteiger partial charge in [0.2, 0.25) is 5.60 Å². The van der Waals surface area contributed by atoms with Gasteiger partial charge in [0, 0.05) is 41.3 Å². The predicted molar refractivity (Wildman–Crippen MR) is 63.2 cm³/mol. The third kappa shape index (κ3) is 9.10. The van der Waals surface area contributed by atoms with Crippen molar-refractivity contribution in [1.82, 2.24) is 4.90 Å². The van der Waals surface area contributed by atoms with Crippen molar-refractivity contribution in [2.45, 2.75) is 19.4 Å². The van der Waals surface area contributed by atoms with Crippen molar-refractivity contribution >= 4 is 11.9 Å². The molecule has 8 heteroatoms. The van der Waals surface area contributed by atoms with E-state index in [4.69, 9.17) is 19.7 Å². The number of hydrogen-bond donors (Lipinski definition) is 2. The molecule has 0 bridgehead atoms. The average Bonchev–Trinajstić information content (AvgIpc) is 2.25. The van der Waals surface area contributed by atoms with Crippen LogP contribution in [0.3, 0.4) is 0 Å². The van der Waals surface area contributed by atoms with Crippen LogP contribution in [-0.4, -0.2) is 72.6 Å². The molecule has 0 radical (unpaired) electrons. The van der Waals surface area contributed by atoms with Crippen LogP contribution in [0, 0.1) is 0 Å². The SMILES string of the molecule is COCCN(CCO)CC(=O)OC(C)(C)C(=O)O.[W]. The van der Waals surface area contributed by atoms with Gasteiger partial charge in [0.05, 0.1) is 19.8 Å². The Kier molecular flexibility index (Phi) is 11.3. The van der Waals surface area contributed by atoms with E-state index in [9.17, 15) is 9.59 Å². The fourth-order valence-electron chi connectivity index (χ4n) is 1.17. The molecule has 112 valence electrons. The molecule has 0 aliphatic rings. The van der Waals surface area contributed by atoms with E-state index in [1.54, 1.807) is 4.90 Å². The van der Waals surface area contributed by atoms with Gasteiger partial charge in [-0.15, -0.1) is 0 Å². The summed E-state index contributed by atoms with van der Waals surface area (Å²) >= 11 is 0. The van der Waals surface area contributed by atoms with Crippen molar-refractivity contribution in [3.05, 3.63) is 0 Å². The minimum atomic E-state index is -1.55. The molecule has 2 N–H and O–H groups in total. The quantitative estimate of drug-likeness (QED) is 0.453. The summed E-state index contributed by atoms with van der Waals surface area (Å²) in [5.41, 5.74) is -1.55. The number of aliphatic hydroxyl groups is 1. The molecule has 0 aromatic carbocycles. The minimum absolute atomic E-state index is 0. The first kappa shape index (κ1) is 20.8. The molecule has 0 unspecified atom stereocenters. The summed E-state index contributed by atoms with van der Waals surface area (Å²) in [6, 6.07) is 0. The number of ether oxygens (including phenoxy) is 2. The van der Waals surface area contributed by atoms with Crippen LogP contribution in [0.15, 0.2) is 0 Å².